The predicted octanol–water partition coefficient (Wildman–Crippen LogP) is 3.90. The van der Waals surface area contributed by atoms with Gasteiger partial charge in [0, 0.05) is 24.9 Å². The summed E-state index contributed by atoms with van der Waals surface area (Å²) in [4.78, 5) is 20.8. The summed E-state index contributed by atoms with van der Waals surface area (Å²) in [5.74, 6) is 0.880. The van der Waals surface area contributed by atoms with Gasteiger partial charge >= 0.3 is 11.9 Å². The molecule has 0 aliphatic heterocycles. The van der Waals surface area contributed by atoms with E-state index in [-0.39, 0.29) is 17.3 Å². The van der Waals surface area contributed by atoms with Crippen LogP contribution in [0.2, 0.25) is 39.3 Å². The van der Waals surface area contributed by atoms with Gasteiger partial charge in [0.15, 0.2) is 0 Å². The minimum atomic E-state index is -1.11. The molecule has 0 aromatic carbocycles. The van der Waals surface area contributed by atoms with Gasteiger partial charge in [-0.15, -0.1) is 0 Å². The molecule has 3 N–H and O–H groups in total. The van der Waals surface area contributed by atoms with Gasteiger partial charge in [-0.25, -0.2) is 0 Å². The lowest BCUT2D eigenvalue weighted by atomic mass is 10.3. The highest BCUT2D eigenvalue weighted by Gasteiger charge is 2.41. The normalized spacial score (nSPS) is 19.6. The lowest BCUT2D eigenvalue weighted by Gasteiger charge is -2.13. The average molecular weight is 536 g/mol. The van der Waals surface area contributed by atoms with Gasteiger partial charge in [0.2, 0.25) is 0 Å². The molecule has 2 aliphatic carbocycles. The number of nitrogens with two attached hydrogens (primary N) is 1. The zero-order valence-electron chi connectivity index (χ0n) is 21.1. The van der Waals surface area contributed by atoms with Crippen molar-refractivity contribution in [1.82, 2.24) is 5.32 Å². The van der Waals surface area contributed by atoms with E-state index in [0.717, 1.165) is 13.1 Å². The van der Waals surface area contributed by atoms with Gasteiger partial charge in [0.05, 0.1) is 36.9 Å². The van der Waals surface area contributed by atoms with Crippen LogP contribution in [0, 0.1) is 11.8 Å². The van der Waals surface area contributed by atoms with Gasteiger partial charge in [-0.05, 0) is 13.8 Å². The fraction of sp³-hybridized carbons (Fsp3) is 0.727. The van der Waals surface area contributed by atoms with Crippen LogP contribution in [0.4, 0.5) is 0 Å². The molecule has 0 aromatic rings. The van der Waals surface area contributed by atoms with Crippen LogP contribution in [-0.2, 0) is 19.1 Å². The molecule has 2 atom stereocenters. The number of hydrogen-bond acceptors (Lipinski definition) is 6. The van der Waals surface area contributed by atoms with Crippen molar-refractivity contribution < 1.29 is 19.1 Å². The van der Waals surface area contributed by atoms with Crippen LogP contribution in [0.3, 0.4) is 0 Å². The smallest absolute Gasteiger partial charge is 0.319 e. The first-order valence-electron chi connectivity index (χ1n) is 10.7. The Balaban J connectivity index is 0.000000484. The standard InChI is InChI=1S/C11H21NO2Si.C8H17NSi.C3H5BrO2/c1-8-9(11(8)15(3,4)5)6-12-7-10(13)14-2;1-6-7(5-9)8(6)10(2,3)4;1-6-3(5)2-4/h9,12H,6-7H2,1-5H3;7H,5,9H2,1-4H3;2H2,1H3. The third-order valence-electron chi connectivity index (χ3n) is 5.46. The second-order valence-electron chi connectivity index (χ2n) is 9.95. The van der Waals surface area contributed by atoms with Crippen LogP contribution in [-0.4, -0.2) is 67.3 Å². The quantitative estimate of drug-likeness (QED) is 0.278. The summed E-state index contributed by atoms with van der Waals surface area (Å²) in [5.41, 5.74) is 8.71. The number of nitrogens with one attached hydrogen (secondary N) is 1. The second-order valence-corrected chi connectivity index (χ2v) is 20.6. The maximum absolute atomic E-state index is 10.9. The minimum absolute atomic E-state index is 0.192. The van der Waals surface area contributed by atoms with Gasteiger partial charge in [0.25, 0.3) is 0 Å². The number of ether oxygens (including phenoxy) is 2. The summed E-state index contributed by atoms with van der Waals surface area (Å²) in [7, 11) is 0.683. The topological polar surface area (TPSA) is 90.7 Å². The summed E-state index contributed by atoms with van der Waals surface area (Å²) in [6.45, 7) is 20.8. The number of halogens is 1. The zero-order chi connectivity index (χ0) is 24.6. The van der Waals surface area contributed by atoms with Crippen LogP contribution in [0.5, 0.6) is 0 Å². The van der Waals surface area contributed by atoms with Crippen molar-refractivity contribution in [2.24, 2.45) is 17.6 Å². The van der Waals surface area contributed by atoms with Crippen LogP contribution in [0.1, 0.15) is 13.8 Å². The van der Waals surface area contributed by atoms with Gasteiger partial charge in [0.1, 0.15) is 5.33 Å². The van der Waals surface area contributed by atoms with Crippen molar-refractivity contribution in [3.8, 4) is 0 Å². The van der Waals surface area contributed by atoms with E-state index in [0.29, 0.717) is 18.4 Å². The molecule has 0 heterocycles. The molecule has 9 heteroatoms. The second kappa shape index (κ2) is 13.1. The first-order chi connectivity index (χ1) is 14.2. The number of methoxy groups -OCH3 is 2. The highest BCUT2D eigenvalue weighted by molar-refractivity contribution is 9.09. The molecular formula is C22H43BrN2O4Si2. The molecule has 0 bridgehead atoms. The number of esters is 2. The fourth-order valence-corrected chi connectivity index (χ4v) is 9.55. The van der Waals surface area contributed by atoms with Gasteiger partial charge < -0.3 is 20.5 Å². The third kappa shape index (κ3) is 10.6. The molecule has 0 aromatic heterocycles. The van der Waals surface area contributed by atoms with Gasteiger partial charge in [-0.2, -0.15) is 0 Å². The molecule has 180 valence electrons. The Morgan fingerprint density at radius 2 is 1.32 bits per heavy atom. The number of carbonyl (C=O) groups is 2. The van der Waals surface area contributed by atoms with Crippen LogP contribution >= 0.6 is 15.9 Å². The Bertz CT molecular complexity index is 689. The minimum Gasteiger partial charge on any atom is -0.468 e. The summed E-state index contributed by atoms with van der Waals surface area (Å²) >= 11 is 2.90. The molecule has 0 spiro atoms. The van der Waals surface area contributed by atoms with E-state index in [1.807, 2.05) is 0 Å². The van der Waals surface area contributed by atoms with Crippen LogP contribution in [0.25, 0.3) is 0 Å². The monoisotopic (exact) mass is 534 g/mol. The van der Waals surface area contributed by atoms with E-state index in [9.17, 15) is 9.59 Å². The van der Waals surface area contributed by atoms with Crippen molar-refractivity contribution in [3.63, 3.8) is 0 Å². The molecular weight excluding hydrogens is 492 g/mol. The number of alkyl halides is 1. The molecule has 0 saturated carbocycles. The molecule has 2 aliphatic rings. The third-order valence-corrected chi connectivity index (χ3v) is 10.6. The van der Waals surface area contributed by atoms with Crippen molar-refractivity contribution in [2.75, 3.05) is 39.2 Å². The molecule has 2 unspecified atom stereocenters. The fourth-order valence-electron chi connectivity index (χ4n) is 4.01. The molecule has 2 rings (SSSR count). The maximum Gasteiger partial charge on any atom is 0.319 e. The van der Waals surface area contributed by atoms with Crippen molar-refractivity contribution in [1.29, 1.82) is 0 Å². The first kappa shape index (κ1) is 30.3. The maximum atomic E-state index is 10.9. The van der Waals surface area contributed by atoms with Gasteiger partial charge in [-0.3, -0.25) is 9.59 Å². The molecule has 31 heavy (non-hydrogen) atoms. The summed E-state index contributed by atoms with van der Waals surface area (Å²) < 4.78 is 8.78. The number of hydrogen-bond donors (Lipinski definition) is 2. The number of rotatable bonds is 8. The van der Waals surface area contributed by atoms with Crippen LogP contribution in [0.15, 0.2) is 21.5 Å². The Labute approximate surface area is 199 Å². The number of carbonyl (C=O) groups excluding carboxylic acids is 2. The van der Waals surface area contributed by atoms with E-state index in [1.165, 1.54) is 19.8 Å². The van der Waals surface area contributed by atoms with E-state index in [2.05, 4.69) is 83.9 Å². The first-order valence-corrected chi connectivity index (χ1v) is 18.8. The zero-order valence-corrected chi connectivity index (χ0v) is 24.7. The van der Waals surface area contributed by atoms with E-state index in [1.54, 1.807) is 16.0 Å². The average Bonchev–Trinajstić information content (AvgIpc) is 3.55. The summed E-state index contributed by atoms with van der Waals surface area (Å²) in [6, 6.07) is 0. The highest BCUT2D eigenvalue weighted by atomic mass is 79.9. The Morgan fingerprint density at radius 1 is 0.903 bits per heavy atom. The lowest BCUT2D eigenvalue weighted by molar-refractivity contribution is -0.139. The molecule has 0 fully saturated rings. The van der Waals surface area contributed by atoms with E-state index in [4.69, 9.17) is 5.73 Å². The largest absolute Gasteiger partial charge is 0.468 e. The van der Waals surface area contributed by atoms with Crippen molar-refractivity contribution in [3.05, 3.63) is 21.5 Å². The van der Waals surface area contributed by atoms with Crippen molar-refractivity contribution in [2.45, 2.75) is 53.1 Å². The summed E-state index contributed by atoms with van der Waals surface area (Å²) in [5, 5.41) is 6.80. The Morgan fingerprint density at radius 3 is 1.55 bits per heavy atom. The highest BCUT2D eigenvalue weighted by Crippen LogP contribution is 2.44. The van der Waals surface area contributed by atoms with E-state index >= 15 is 0 Å². The SMILES string of the molecule is CC1=C([Si](C)(C)C)C1CN.COC(=O)CBr.COC(=O)CNCC1C(C)=C1[Si](C)(C)C. The molecule has 6 nitrogen and oxygen atoms in total. The van der Waals surface area contributed by atoms with Gasteiger partial charge in [-0.1, -0.05) is 76.8 Å². The predicted molar refractivity (Wildman–Crippen MR) is 139 cm³/mol. The molecule has 0 saturated heterocycles. The Hall–Kier alpha value is -0.746. The molecule has 0 radical (unpaired) electrons. The Kier molecular flexibility index (Phi) is 12.8. The van der Waals surface area contributed by atoms with E-state index < -0.39 is 16.1 Å². The van der Waals surface area contributed by atoms with Crippen LogP contribution < -0.4 is 11.1 Å². The lowest BCUT2D eigenvalue weighted by Crippen LogP contribution is -2.29. The summed E-state index contributed by atoms with van der Waals surface area (Å²) in [6.07, 6.45) is 0. The van der Waals surface area contributed by atoms with Crippen molar-refractivity contribution >= 4 is 44.0 Å². The molecule has 0 amide bonds.